The van der Waals surface area contributed by atoms with E-state index < -0.39 is 0 Å². The Morgan fingerprint density at radius 2 is 1.73 bits per heavy atom. The van der Waals surface area contributed by atoms with Crippen molar-refractivity contribution in [3.8, 4) is 5.75 Å². The second kappa shape index (κ2) is 10.9. The average molecular weight is 497 g/mol. The number of benzene rings is 3. The molecule has 0 bridgehead atoms. The number of rotatable bonds is 7. The third kappa shape index (κ3) is 5.99. The number of hydrogen-bond donors (Lipinski definition) is 0. The van der Waals surface area contributed by atoms with E-state index in [1.54, 1.807) is 17.0 Å². The summed E-state index contributed by atoms with van der Waals surface area (Å²) in [7, 11) is 0. The molecule has 0 atom stereocenters. The molecule has 0 unspecified atom stereocenters. The van der Waals surface area contributed by atoms with Crippen LogP contribution >= 0.6 is 35.0 Å². The fourth-order valence-electron chi connectivity index (χ4n) is 3.23. The number of carbonyl (C=O) groups is 1. The molecule has 4 nitrogen and oxygen atoms in total. The Bertz CT molecular complexity index is 1190. The largest absolute Gasteiger partial charge is 0.489 e. The summed E-state index contributed by atoms with van der Waals surface area (Å²) in [5, 5.41) is 2.01. The third-order valence-electron chi connectivity index (χ3n) is 4.92. The van der Waals surface area contributed by atoms with Crippen LogP contribution in [0.2, 0.25) is 10.0 Å². The quantitative estimate of drug-likeness (QED) is 0.316. The zero-order valence-electron chi connectivity index (χ0n) is 18.0. The molecule has 168 valence electrons. The van der Waals surface area contributed by atoms with E-state index >= 15 is 0 Å². The second-order valence-electron chi connectivity index (χ2n) is 7.39. The van der Waals surface area contributed by atoms with Gasteiger partial charge in [-0.25, -0.2) is 4.99 Å². The number of halogens is 2. The number of thioether (sulfide) groups is 1. The molecule has 0 radical (unpaired) electrons. The molecule has 0 N–H and O–H groups in total. The number of ether oxygens (including phenoxy) is 1. The predicted molar refractivity (Wildman–Crippen MR) is 138 cm³/mol. The van der Waals surface area contributed by atoms with Crippen LogP contribution in [0.5, 0.6) is 5.75 Å². The lowest BCUT2D eigenvalue weighted by atomic mass is 10.2. The molecule has 7 heteroatoms. The number of hydrogen-bond acceptors (Lipinski definition) is 4. The maximum absolute atomic E-state index is 13.0. The Hall–Kier alpha value is -2.73. The van der Waals surface area contributed by atoms with E-state index in [1.165, 1.54) is 11.8 Å². The first-order chi connectivity index (χ1) is 16.0. The van der Waals surface area contributed by atoms with Crippen molar-refractivity contribution in [2.75, 3.05) is 6.54 Å². The van der Waals surface area contributed by atoms with Crippen LogP contribution in [0.3, 0.4) is 0 Å². The van der Waals surface area contributed by atoms with Gasteiger partial charge in [0, 0.05) is 22.2 Å². The zero-order chi connectivity index (χ0) is 23.2. The molecule has 3 aromatic carbocycles. The van der Waals surface area contributed by atoms with Crippen LogP contribution in [0.25, 0.3) is 6.08 Å². The fraction of sp³-hybridized carbons (Fsp3) is 0.154. The molecular formula is C26H22Cl2N2O2S. The van der Waals surface area contributed by atoms with Crippen LogP contribution in [0.15, 0.2) is 82.7 Å². The summed E-state index contributed by atoms with van der Waals surface area (Å²) in [5.41, 5.74) is 2.61. The minimum Gasteiger partial charge on any atom is -0.489 e. The number of amides is 1. The molecular weight excluding hydrogens is 475 g/mol. The van der Waals surface area contributed by atoms with Crippen LogP contribution in [0, 0.1) is 0 Å². The Kier molecular flexibility index (Phi) is 7.76. The lowest BCUT2D eigenvalue weighted by molar-refractivity contribution is -0.122. The van der Waals surface area contributed by atoms with Gasteiger partial charge >= 0.3 is 0 Å². The van der Waals surface area contributed by atoms with Crippen LogP contribution in [-0.4, -0.2) is 22.5 Å². The smallest absolute Gasteiger partial charge is 0.266 e. The van der Waals surface area contributed by atoms with Gasteiger partial charge in [0.1, 0.15) is 12.4 Å². The fourth-order valence-corrected chi connectivity index (χ4v) is 4.57. The van der Waals surface area contributed by atoms with Crippen LogP contribution in [0.4, 0.5) is 5.69 Å². The number of amidine groups is 1. The van der Waals surface area contributed by atoms with Crippen molar-refractivity contribution in [1.82, 2.24) is 4.90 Å². The molecule has 0 aliphatic carbocycles. The normalized spacial score (nSPS) is 16.1. The summed E-state index contributed by atoms with van der Waals surface area (Å²) in [5.74, 6) is 0.702. The summed E-state index contributed by atoms with van der Waals surface area (Å²) in [6.45, 7) is 3.05. The van der Waals surface area contributed by atoms with E-state index in [2.05, 4.69) is 4.99 Å². The highest BCUT2D eigenvalue weighted by Crippen LogP contribution is 2.34. The van der Waals surface area contributed by atoms with E-state index in [0.29, 0.717) is 33.3 Å². The molecule has 0 aromatic heterocycles. The van der Waals surface area contributed by atoms with Crippen molar-refractivity contribution in [2.45, 2.75) is 20.0 Å². The molecule has 1 amide bonds. The van der Waals surface area contributed by atoms with Gasteiger partial charge in [-0.15, -0.1) is 0 Å². The molecule has 33 heavy (non-hydrogen) atoms. The van der Waals surface area contributed by atoms with Gasteiger partial charge in [0.25, 0.3) is 5.91 Å². The van der Waals surface area contributed by atoms with E-state index in [9.17, 15) is 4.79 Å². The Morgan fingerprint density at radius 3 is 2.42 bits per heavy atom. The predicted octanol–water partition coefficient (Wildman–Crippen LogP) is 7.59. The SMILES string of the molecule is CCCN1C(=O)/C(=C/c2ccc(OCc3ccccc3Cl)cc2)SC1=Nc1ccc(Cl)cc1. The summed E-state index contributed by atoms with van der Waals surface area (Å²) in [6.07, 6.45) is 2.73. The van der Waals surface area contributed by atoms with E-state index in [4.69, 9.17) is 27.9 Å². The monoisotopic (exact) mass is 496 g/mol. The van der Waals surface area contributed by atoms with Crippen LogP contribution in [-0.2, 0) is 11.4 Å². The average Bonchev–Trinajstić information content (AvgIpc) is 3.10. The van der Waals surface area contributed by atoms with E-state index in [0.717, 1.165) is 29.0 Å². The standard InChI is InChI=1S/C26H22Cl2N2O2S/c1-2-15-30-25(31)24(33-26(30)29-21-11-9-20(27)10-12-21)16-18-7-13-22(14-8-18)32-17-19-5-3-4-6-23(19)28/h3-14,16H,2,15,17H2,1H3/b24-16-,29-26?. The lowest BCUT2D eigenvalue weighted by Crippen LogP contribution is -2.29. The maximum atomic E-state index is 13.0. The second-order valence-corrected chi connectivity index (χ2v) is 9.24. The van der Waals surface area contributed by atoms with E-state index in [-0.39, 0.29) is 5.91 Å². The topological polar surface area (TPSA) is 41.9 Å². The van der Waals surface area contributed by atoms with E-state index in [1.807, 2.05) is 73.7 Å². The minimum absolute atomic E-state index is 0.0337. The zero-order valence-corrected chi connectivity index (χ0v) is 20.3. The van der Waals surface area contributed by atoms with Crippen LogP contribution < -0.4 is 4.74 Å². The van der Waals surface area contributed by atoms with Crippen LogP contribution in [0.1, 0.15) is 24.5 Å². The van der Waals surface area contributed by atoms with Crippen molar-refractivity contribution in [1.29, 1.82) is 0 Å². The molecule has 1 saturated heterocycles. The van der Waals surface area contributed by atoms with Crippen molar-refractivity contribution in [2.24, 2.45) is 4.99 Å². The maximum Gasteiger partial charge on any atom is 0.266 e. The number of nitrogens with zero attached hydrogens (tertiary/aromatic N) is 2. The van der Waals surface area contributed by atoms with Crippen molar-refractivity contribution < 1.29 is 9.53 Å². The lowest BCUT2D eigenvalue weighted by Gasteiger charge is -2.13. The Labute approximate surface area is 207 Å². The van der Waals surface area contributed by atoms with Gasteiger partial charge in [-0.1, -0.05) is 60.5 Å². The molecule has 1 aliphatic heterocycles. The highest BCUT2D eigenvalue weighted by Gasteiger charge is 2.32. The number of carbonyl (C=O) groups excluding carboxylic acids is 1. The first-order valence-corrected chi connectivity index (χ1v) is 12.1. The summed E-state index contributed by atoms with van der Waals surface area (Å²) >= 11 is 13.5. The van der Waals surface area contributed by atoms with Gasteiger partial charge in [-0.3, -0.25) is 9.69 Å². The Morgan fingerprint density at radius 1 is 1.00 bits per heavy atom. The summed E-state index contributed by atoms with van der Waals surface area (Å²) < 4.78 is 5.85. The Balaban J connectivity index is 1.48. The first-order valence-electron chi connectivity index (χ1n) is 10.6. The summed E-state index contributed by atoms with van der Waals surface area (Å²) in [4.78, 5) is 20.0. The van der Waals surface area contributed by atoms with Crippen molar-refractivity contribution in [3.05, 3.63) is 98.9 Å². The van der Waals surface area contributed by atoms with Gasteiger partial charge < -0.3 is 4.74 Å². The molecule has 1 heterocycles. The highest BCUT2D eigenvalue weighted by molar-refractivity contribution is 8.18. The molecule has 0 spiro atoms. The molecule has 3 aromatic rings. The van der Waals surface area contributed by atoms with Crippen molar-refractivity contribution >= 4 is 57.8 Å². The molecule has 1 fully saturated rings. The highest BCUT2D eigenvalue weighted by atomic mass is 35.5. The third-order valence-corrected chi connectivity index (χ3v) is 6.54. The van der Waals surface area contributed by atoms with Gasteiger partial charge in [0.05, 0.1) is 10.6 Å². The van der Waals surface area contributed by atoms with Crippen molar-refractivity contribution in [3.63, 3.8) is 0 Å². The van der Waals surface area contributed by atoms with Gasteiger partial charge in [-0.2, -0.15) is 0 Å². The molecule has 0 saturated carbocycles. The molecule has 1 aliphatic rings. The van der Waals surface area contributed by atoms with Gasteiger partial charge in [0.15, 0.2) is 5.17 Å². The first kappa shape index (κ1) is 23.4. The van der Waals surface area contributed by atoms with Gasteiger partial charge in [-0.05, 0) is 72.3 Å². The summed E-state index contributed by atoms with van der Waals surface area (Å²) in [6, 6.07) is 22.5. The number of aliphatic imine (C=N–C) groups is 1. The minimum atomic E-state index is -0.0337. The van der Waals surface area contributed by atoms with Gasteiger partial charge in [0.2, 0.25) is 0 Å². The molecule has 4 rings (SSSR count).